The van der Waals surface area contributed by atoms with E-state index in [2.05, 4.69) is 17.6 Å². The van der Waals surface area contributed by atoms with Gasteiger partial charge in [0, 0.05) is 11.6 Å². The van der Waals surface area contributed by atoms with Gasteiger partial charge in [0.25, 0.3) is 5.91 Å². The topological polar surface area (TPSA) is 50.4 Å². The first-order valence-corrected chi connectivity index (χ1v) is 12.3. The molecule has 1 amide bonds. The van der Waals surface area contributed by atoms with E-state index in [0.29, 0.717) is 22.7 Å². The van der Waals surface area contributed by atoms with E-state index in [0.717, 1.165) is 29.1 Å². The highest BCUT2D eigenvalue weighted by Crippen LogP contribution is 2.61. The maximum atomic E-state index is 12.7. The third-order valence-electron chi connectivity index (χ3n) is 7.94. The molecule has 2 aromatic carbocycles. The smallest absolute Gasteiger partial charge is 0.257 e. The standard InChI is InChI=1S/C27H32N2O2S/c1-18(27-14-20-11-21(15-27)13-22(12-20)16-27)28-26(32)29-25(30)23-7-9-24(10-8-23)31-17-19-5-3-2-4-6-19/h2-10,18,20-22H,11-17H2,1H3,(H2,28,29,30,32)/t18-,20?,21?,22?,27?/m1/s1. The largest absolute Gasteiger partial charge is 0.489 e. The van der Waals surface area contributed by atoms with E-state index in [1.165, 1.54) is 38.5 Å². The Hall–Kier alpha value is -2.40. The lowest BCUT2D eigenvalue weighted by atomic mass is 9.48. The number of hydrogen-bond acceptors (Lipinski definition) is 3. The first-order chi connectivity index (χ1) is 15.5. The van der Waals surface area contributed by atoms with Gasteiger partial charge in [-0.25, -0.2) is 0 Å². The van der Waals surface area contributed by atoms with E-state index >= 15 is 0 Å². The molecule has 4 bridgehead atoms. The van der Waals surface area contributed by atoms with Crippen LogP contribution in [0, 0.1) is 23.2 Å². The number of nitrogens with one attached hydrogen (secondary N) is 2. The van der Waals surface area contributed by atoms with Crippen LogP contribution in [0.5, 0.6) is 5.75 Å². The molecule has 1 atom stereocenters. The third kappa shape index (κ3) is 4.54. The van der Waals surface area contributed by atoms with Crippen LogP contribution >= 0.6 is 12.2 Å². The molecule has 0 radical (unpaired) electrons. The van der Waals surface area contributed by atoms with Crippen LogP contribution in [0.4, 0.5) is 0 Å². The van der Waals surface area contributed by atoms with Crippen molar-refractivity contribution in [3.05, 3.63) is 65.7 Å². The maximum absolute atomic E-state index is 12.7. The van der Waals surface area contributed by atoms with Crippen molar-refractivity contribution in [2.75, 3.05) is 0 Å². The average Bonchev–Trinajstić information content (AvgIpc) is 2.77. The zero-order valence-corrected chi connectivity index (χ0v) is 19.5. The van der Waals surface area contributed by atoms with Crippen molar-refractivity contribution in [3.8, 4) is 5.75 Å². The van der Waals surface area contributed by atoms with Gasteiger partial charge in [0.15, 0.2) is 5.11 Å². The molecule has 0 heterocycles. The third-order valence-corrected chi connectivity index (χ3v) is 8.16. The van der Waals surface area contributed by atoms with Crippen LogP contribution in [0.15, 0.2) is 54.6 Å². The Kier molecular flexibility index (Phi) is 5.93. The van der Waals surface area contributed by atoms with Gasteiger partial charge in [0.2, 0.25) is 0 Å². The van der Waals surface area contributed by atoms with Gasteiger partial charge in [0.1, 0.15) is 12.4 Å². The molecule has 32 heavy (non-hydrogen) atoms. The van der Waals surface area contributed by atoms with Crippen molar-refractivity contribution in [2.24, 2.45) is 23.2 Å². The maximum Gasteiger partial charge on any atom is 0.257 e. The second kappa shape index (κ2) is 8.86. The predicted octanol–water partition coefficient (Wildman–Crippen LogP) is 5.47. The first-order valence-electron chi connectivity index (χ1n) is 11.9. The Morgan fingerprint density at radius 2 is 1.59 bits per heavy atom. The highest BCUT2D eigenvalue weighted by Gasteiger charge is 2.53. The molecular weight excluding hydrogens is 416 g/mol. The predicted molar refractivity (Wildman–Crippen MR) is 130 cm³/mol. The molecule has 4 aliphatic rings. The van der Waals surface area contributed by atoms with Crippen molar-refractivity contribution < 1.29 is 9.53 Å². The van der Waals surface area contributed by atoms with E-state index in [9.17, 15) is 4.79 Å². The van der Waals surface area contributed by atoms with E-state index < -0.39 is 0 Å². The van der Waals surface area contributed by atoms with Gasteiger partial charge in [-0.05, 0) is 111 Å². The number of hydrogen-bond donors (Lipinski definition) is 2. The van der Waals surface area contributed by atoms with Gasteiger partial charge in [-0.3, -0.25) is 10.1 Å². The summed E-state index contributed by atoms with van der Waals surface area (Å²) in [5.41, 5.74) is 2.03. The molecule has 168 valence electrons. The summed E-state index contributed by atoms with van der Waals surface area (Å²) in [5.74, 6) is 3.25. The molecule has 4 aliphatic carbocycles. The van der Waals surface area contributed by atoms with Gasteiger partial charge >= 0.3 is 0 Å². The molecule has 0 aliphatic heterocycles. The second-order valence-electron chi connectivity index (χ2n) is 10.2. The normalized spacial score (nSPS) is 28.7. The lowest BCUT2D eigenvalue weighted by Gasteiger charge is -2.59. The average molecular weight is 449 g/mol. The molecule has 0 saturated heterocycles. The van der Waals surface area contributed by atoms with E-state index in [4.69, 9.17) is 17.0 Å². The monoisotopic (exact) mass is 448 g/mol. The van der Waals surface area contributed by atoms with E-state index in [-0.39, 0.29) is 11.9 Å². The molecule has 6 rings (SSSR count). The number of amides is 1. The highest BCUT2D eigenvalue weighted by atomic mass is 32.1. The summed E-state index contributed by atoms with van der Waals surface area (Å²) in [6.45, 7) is 2.76. The highest BCUT2D eigenvalue weighted by molar-refractivity contribution is 7.80. The number of thiocarbonyl (C=S) groups is 1. The quantitative estimate of drug-likeness (QED) is 0.575. The fourth-order valence-electron chi connectivity index (χ4n) is 6.71. The number of carbonyl (C=O) groups is 1. The summed E-state index contributed by atoms with van der Waals surface area (Å²) in [5, 5.41) is 6.77. The van der Waals surface area contributed by atoms with Crippen LogP contribution in [-0.4, -0.2) is 17.1 Å². The molecule has 0 aromatic heterocycles. The van der Waals surface area contributed by atoms with Gasteiger partial charge in [-0.15, -0.1) is 0 Å². The lowest BCUT2D eigenvalue weighted by molar-refractivity contribution is -0.0672. The molecule has 0 spiro atoms. The SMILES string of the molecule is C[C@@H](NC(=S)NC(=O)c1ccc(OCc2ccccc2)cc1)C12CC3CC(CC(C3)C1)C2. The minimum absolute atomic E-state index is 0.185. The first kappa shape index (κ1) is 21.4. The summed E-state index contributed by atoms with van der Waals surface area (Å²) >= 11 is 5.52. The summed E-state index contributed by atoms with van der Waals surface area (Å²) in [7, 11) is 0. The number of rotatable bonds is 6. The van der Waals surface area contributed by atoms with Gasteiger partial charge < -0.3 is 10.1 Å². The van der Waals surface area contributed by atoms with E-state index in [1.54, 1.807) is 12.1 Å². The minimum Gasteiger partial charge on any atom is -0.489 e. The van der Waals surface area contributed by atoms with Crippen LogP contribution < -0.4 is 15.4 Å². The Morgan fingerprint density at radius 1 is 1.00 bits per heavy atom. The fourth-order valence-corrected chi connectivity index (χ4v) is 6.98. The number of carbonyl (C=O) groups excluding carboxylic acids is 1. The Morgan fingerprint density at radius 3 is 2.19 bits per heavy atom. The Labute approximate surface area is 196 Å². The van der Waals surface area contributed by atoms with Crippen molar-refractivity contribution in [1.29, 1.82) is 0 Å². The summed E-state index contributed by atoms with van der Waals surface area (Å²) in [6.07, 6.45) is 8.23. The molecular formula is C27H32N2O2S. The molecule has 2 N–H and O–H groups in total. The molecule has 4 fully saturated rings. The lowest BCUT2D eigenvalue weighted by Crippen LogP contribution is -2.57. The molecule has 2 aromatic rings. The molecule has 5 heteroatoms. The van der Waals surface area contributed by atoms with Crippen LogP contribution in [0.25, 0.3) is 0 Å². The Bertz CT molecular complexity index is 938. The van der Waals surface area contributed by atoms with Crippen LogP contribution in [0.2, 0.25) is 0 Å². The zero-order valence-electron chi connectivity index (χ0n) is 18.7. The van der Waals surface area contributed by atoms with Crippen LogP contribution in [0.3, 0.4) is 0 Å². The van der Waals surface area contributed by atoms with E-state index in [1.807, 2.05) is 42.5 Å². The molecule has 0 unspecified atom stereocenters. The molecule has 4 nitrogen and oxygen atoms in total. The summed E-state index contributed by atoms with van der Waals surface area (Å²) in [4.78, 5) is 12.7. The van der Waals surface area contributed by atoms with Crippen LogP contribution in [0.1, 0.15) is 61.4 Å². The number of ether oxygens (including phenoxy) is 1. The van der Waals surface area contributed by atoms with Crippen LogP contribution in [-0.2, 0) is 6.61 Å². The van der Waals surface area contributed by atoms with Crippen molar-refractivity contribution in [2.45, 2.75) is 58.1 Å². The number of benzene rings is 2. The summed E-state index contributed by atoms with van der Waals surface area (Å²) in [6, 6.07) is 17.5. The zero-order chi connectivity index (χ0) is 22.1. The van der Waals surface area contributed by atoms with Crippen molar-refractivity contribution in [3.63, 3.8) is 0 Å². The van der Waals surface area contributed by atoms with Gasteiger partial charge in [0.05, 0.1) is 0 Å². The fraction of sp³-hybridized carbons (Fsp3) is 0.481. The van der Waals surface area contributed by atoms with Gasteiger partial charge in [-0.1, -0.05) is 30.3 Å². The second-order valence-corrected chi connectivity index (χ2v) is 10.6. The van der Waals surface area contributed by atoms with Gasteiger partial charge in [-0.2, -0.15) is 0 Å². The van der Waals surface area contributed by atoms with Crippen molar-refractivity contribution in [1.82, 2.24) is 10.6 Å². The Balaban J connectivity index is 1.13. The minimum atomic E-state index is -0.185. The summed E-state index contributed by atoms with van der Waals surface area (Å²) < 4.78 is 5.81. The van der Waals surface area contributed by atoms with Crippen molar-refractivity contribution >= 4 is 23.2 Å². The molecule has 4 saturated carbocycles.